The van der Waals surface area contributed by atoms with Crippen LogP contribution < -0.4 is 5.73 Å². The molecule has 1 saturated heterocycles. The molecule has 1 aliphatic heterocycles. The molecule has 0 saturated carbocycles. The number of rotatable bonds is 2. The predicted molar refractivity (Wildman–Crippen MR) is 75.9 cm³/mol. The van der Waals surface area contributed by atoms with E-state index in [1.165, 1.54) is 5.39 Å². The van der Waals surface area contributed by atoms with Crippen LogP contribution in [0.2, 0.25) is 0 Å². The molecule has 0 bridgehead atoms. The molecule has 3 rings (SSSR count). The lowest BCUT2D eigenvalue weighted by Crippen LogP contribution is -2.45. The summed E-state index contributed by atoms with van der Waals surface area (Å²) in [6.45, 7) is 2.60. The summed E-state index contributed by atoms with van der Waals surface area (Å²) in [5.41, 5.74) is 7.57. The normalized spacial score (nSPS) is 22.5. The van der Waals surface area contributed by atoms with Crippen LogP contribution in [0.1, 0.15) is 11.6 Å². The van der Waals surface area contributed by atoms with Crippen LogP contribution in [0.25, 0.3) is 10.8 Å². The van der Waals surface area contributed by atoms with Crippen LogP contribution in [0.5, 0.6) is 0 Å². The van der Waals surface area contributed by atoms with Gasteiger partial charge in [0.2, 0.25) is 0 Å². The second kappa shape index (κ2) is 5.25. The first kappa shape index (κ1) is 12.5. The molecular weight excluding hydrogens is 238 g/mol. The molecule has 0 aliphatic carbocycles. The molecule has 1 fully saturated rings. The van der Waals surface area contributed by atoms with Crippen molar-refractivity contribution in [1.29, 1.82) is 0 Å². The van der Waals surface area contributed by atoms with Crippen molar-refractivity contribution in [3.8, 4) is 0 Å². The molecule has 2 unspecified atom stereocenters. The molecule has 100 valence electrons. The van der Waals surface area contributed by atoms with Crippen LogP contribution in [0, 0.1) is 0 Å². The van der Waals surface area contributed by atoms with Crippen molar-refractivity contribution in [2.45, 2.75) is 12.1 Å². The number of ether oxygens (including phenoxy) is 1. The van der Waals surface area contributed by atoms with Gasteiger partial charge >= 0.3 is 0 Å². The monoisotopic (exact) mass is 257 g/mol. The second-order valence-corrected chi connectivity index (χ2v) is 5.14. The number of nitrogens with zero attached hydrogens (tertiary/aromatic N) is 2. The molecule has 1 aromatic heterocycles. The number of hydrogen-bond donors (Lipinski definition) is 1. The number of hydrogen-bond acceptors (Lipinski definition) is 4. The Labute approximate surface area is 113 Å². The van der Waals surface area contributed by atoms with Crippen molar-refractivity contribution in [2.24, 2.45) is 5.73 Å². The molecule has 0 spiro atoms. The highest BCUT2D eigenvalue weighted by Gasteiger charge is 2.26. The van der Waals surface area contributed by atoms with Crippen LogP contribution >= 0.6 is 0 Å². The molecule has 2 aromatic rings. The lowest BCUT2D eigenvalue weighted by Gasteiger charge is -2.34. The van der Waals surface area contributed by atoms with E-state index in [0.29, 0.717) is 0 Å². The van der Waals surface area contributed by atoms with Crippen LogP contribution in [0.15, 0.2) is 36.7 Å². The van der Waals surface area contributed by atoms with Crippen LogP contribution in [0.3, 0.4) is 0 Å². The van der Waals surface area contributed by atoms with Crippen LogP contribution in [-0.2, 0) is 4.74 Å². The fraction of sp³-hybridized carbons (Fsp3) is 0.400. The molecule has 2 atom stereocenters. The minimum Gasteiger partial charge on any atom is -0.374 e. The van der Waals surface area contributed by atoms with E-state index in [-0.39, 0.29) is 12.1 Å². The van der Waals surface area contributed by atoms with Crippen LogP contribution in [0.4, 0.5) is 0 Å². The molecule has 19 heavy (non-hydrogen) atoms. The Balaban J connectivity index is 1.95. The van der Waals surface area contributed by atoms with E-state index in [1.807, 2.05) is 24.5 Å². The average molecular weight is 257 g/mol. The third kappa shape index (κ3) is 2.47. The van der Waals surface area contributed by atoms with Crippen molar-refractivity contribution in [2.75, 3.05) is 26.7 Å². The number of benzene rings is 1. The van der Waals surface area contributed by atoms with Gasteiger partial charge in [-0.2, -0.15) is 0 Å². The maximum atomic E-state index is 6.43. The SMILES string of the molecule is CN1CCOC(C(N)c2cccc3cnccc23)C1. The molecule has 0 amide bonds. The van der Waals surface area contributed by atoms with Crippen molar-refractivity contribution in [3.63, 3.8) is 0 Å². The highest BCUT2D eigenvalue weighted by molar-refractivity contribution is 5.85. The topological polar surface area (TPSA) is 51.4 Å². The fourth-order valence-corrected chi connectivity index (χ4v) is 2.67. The van der Waals surface area contributed by atoms with Crippen LogP contribution in [-0.4, -0.2) is 42.7 Å². The highest BCUT2D eigenvalue weighted by Crippen LogP contribution is 2.26. The third-order valence-corrected chi connectivity index (χ3v) is 3.77. The molecule has 0 radical (unpaired) electrons. The van der Waals surface area contributed by atoms with Gasteiger partial charge in [0.1, 0.15) is 0 Å². The number of likely N-dealkylation sites (N-methyl/N-ethyl adjacent to an activating group) is 1. The highest BCUT2D eigenvalue weighted by atomic mass is 16.5. The van der Waals surface area contributed by atoms with Crippen molar-refractivity contribution in [3.05, 3.63) is 42.2 Å². The quantitative estimate of drug-likeness (QED) is 0.887. The van der Waals surface area contributed by atoms with Gasteiger partial charge in [-0.05, 0) is 24.1 Å². The molecule has 2 N–H and O–H groups in total. The second-order valence-electron chi connectivity index (χ2n) is 5.14. The third-order valence-electron chi connectivity index (χ3n) is 3.77. The zero-order valence-corrected chi connectivity index (χ0v) is 11.1. The summed E-state index contributed by atoms with van der Waals surface area (Å²) in [4.78, 5) is 6.42. The number of aromatic nitrogens is 1. The predicted octanol–water partition coefficient (Wildman–Crippen LogP) is 1.57. The van der Waals surface area contributed by atoms with Crippen molar-refractivity contribution >= 4 is 10.8 Å². The van der Waals surface area contributed by atoms with E-state index in [1.54, 1.807) is 0 Å². The Hall–Kier alpha value is -1.49. The Bertz CT molecular complexity index is 567. The largest absolute Gasteiger partial charge is 0.374 e. The van der Waals surface area contributed by atoms with Crippen molar-refractivity contribution < 1.29 is 4.74 Å². The summed E-state index contributed by atoms with van der Waals surface area (Å²) in [6.07, 6.45) is 3.74. The Kier molecular flexibility index (Phi) is 3.46. The maximum Gasteiger partial charge on any atom is 0.0894 e. The first-order chi connectivity index (χ1) is 9.25. The first-order valence-corrected chi connectivity index (χ1v) is 6.64. The summed E-state index contributed by atoms with van der Waals surface area (Å²) in [7, 11) is 2.11. The van der Waals surface area contributed by atoms with Crippen molar-refractivity contribution in [1.82, 2.24) is 9.88 Å². The molecule has 1 aliphatic rings. The van der Waals surface area contributed by atoms with E-state index >= 15 is 0 Å². The summed E-state index contributed by atoms with van der Waals surface area (Å²) in [6, 6.07) is 8.11. The van der Waals surface area contributed by atoms with Gasteiger partial charge in [0.05, 0.1) is 18.8 Å². The minimum atomic E-state index is -0.103. The summed E-state index contributed by atoms with van der Waals surface area (Å²) in [5, 5.41) is 2.29. The Morgan fingerprint density at radius 2 is 2.32 bits per heavy atom. The maximum absolute atomic E-state index is 6.43. The van der Waals surface area contributed by atoms with Gasteiger partial charge in [0.25, 0.3) is 0 Å². The van der Waals surface area contributed by atoms with Gasteiger partial charge in [0.15, 0.2) is 0 Å². The molecule has 1 aromatic carbocycles. The van der Waals surface area contributed by atoms with Gasteiger partial charge < -0.3 is 15.4 Å². The zero-order valence-electron chi connectivity index (χ0n) is 11.1. The van der Waals surface area contributed by atoms with Gasteiger partial charge in [-0.15, -0.1) is 0 Å². The fourth-order valence-electron chi connectivity index (χ4n) is 2.67. The van der Waals surface area contributed by atoms with E-state index in [9.17, 15) is 0 Å². The zero-order chi connectivity index (χ0) is 13.2. The number of fused-ring (bicyclic) bond motifs is 1. The van der Waals surface area contributed by atoms with Gasteiger partial charge in [-0.25, -0.2) is 0 Å². The lowest BCUT2D eigenvalue weighted by atomic mass is 9.96. The average Bonchev–Trinajstić information content (AvgIpc) is 2.46. The Morgan fingerprint density at radius 3 is 3.16 bits per heavy atom. The first-order valence-electron chi connectivity index (χ1n) is 6.64. The van der Waals surface area contributed by atoms with E-state index in [0.717, 1.165) is 30.6 Å². The minimum absolute atomic E-state index is 0.0533. The molecule has 4 heteroatoms. The smallest absolute Gasteiger partial charge is 0.0894 e. The molecular formula is C15H19N3O. The van der Waals surface area contributed by atoms with Gasteiger partial charge in [-0.3, -0.25) is 4.98 Å². The molecule has 4 nitrogen and oxygen atoms in total. The van der Waals surface area contributed by atoms with Gasteiger partial charge in [0, 0.05) is 30.9 Å². The van der Waals surface area contributed by atoms with E-state index in [2.05, 4.69) is 29.1 Å². The summed E-state index contributed by atoms with van der Waals surface area (Å²) < 4.78 is 5.83. The molecule has 2 heterocycles. The summed E-state index contributed by atoms with van der Waals surface area (Å²) in [5.74, 6) is 0. The number of morpholine rings is 1. The summed E-state index contributed by atoms with van der Waals surface area (Å²) >= 11 is 0. The number of pyridine rings is 1. The van der Waals surface area contributed by atoms with Gasteiger partial charge in [-0.1, -0.05) is 18.2 Å². The Morgan fingerprint density at radius 1 is 1.42 bits per heavy atom. The number of nitrogens with two attached hydrogens (primary N) is 1. The van der Waals surface area contributed by atoms with E-state index in [4.69, 9.17) is 10.5 Å². The van der Waals surface area contributed by atoms with E-state index < -0.39 is 0 Å². The standard InChI is InChI=1S/C15H19N3O/c1-18-7-8-19-14(10-18)15(16)13-4-2-3-11-9-17-6-5-12(11)13/h2-6,9,14-15H,7-8,10,16H2,1H3. The lowest BCUT2D eigenvalue weighted by molar-refractivity contribution is -0.0324.